The fourth-order valence-corrected chi connectivity index (χ4v) is 1.36. The summed E-state index contributed by atoms with van der Waals surface area (Å²) >= 11 is 4.71. The lowest BCUT2D eigenvalue weighted by Gasteiger charge is -1.98. The van der Waals surface area contributed by atoms with Gasteiger partial charge in [0, 0.05) is 0 Å². The highest BCUT2D eigenvalue weighted by molar-refractivity contribution is 7.80. The van der Waals surface area contributed by atoms with E-state index in [-0.39, 0.29) is 5.11 Å². The molecule has 1 aromatic carbocycles. The molecule has 5 heteroatoms. The summed E-state index contributed by atoms with van der Waals surface area (Å²) in [6.07, 6.45) is 1.73. The molecule has 1 aromatic heterocycles. The van der Waals surface area contributed by atoms with Crippen molar-refractivity contribution < 1.29 is 0 Å². The van der Waals surface area contributed by atoms with E-state index in [1.165, 1.54) is 0 Å². The number of imidazole rings is 1. The number of aromatic amines is 1. The maximum Gasteiger partial charge on any atom is 0.206 e. The van der Waals surface area contributed by atoms with Gasteiger partial charge in [-0.3, -0.25) is 0 Å². The second kappa shape index (κ2) is 4.10. The van der Waals surface area contributed by atoms with Gasteiger partial charge in [0.15, 0.2) is 5.11 Å². The lowest BCUT2D eigenvalue weighted by atomic mass is 10.2. The van der Waals surface area contributed by atoms with Crippen LogP contribution >= 0.6 is 12.2 Å². The number of aromatic nitrogens is 2. The van der Waals surface area contributed by atoms with Crippen molar-refractivity contribution in [2.24, 2.45) is 5.73 Å². The van der Waals surface area contributed by atoms with Crippen LogP contribution in [0.5, 0.6) is 0 Å². The fraction of sp³-hybridized carbons (Fsp3) is 0. The molecule has 4 N–H and O–H groups in total. The molecule has 0 spiro atoms. The third kappa shape index (κ3) is 2.32. The maximum atomic E-state index is 5.33. The number of nitrogens with two attached hydrogens (primary N) is 1. The van der Waals surface area contributed by atoms with E-state index in [2.05, 4.69) is 15.3 Å². The van der Waals surface area contributed by atoms with Crippen LogP contribution < -0.4 is 11.1 Å². The van der Waals surface area contributed by atoms with Crippen LogP contribution in [-0.4, -0.2) is 15.1 Å². The second-order valence-electron chi connectivity index (χ2n) is 3.00. The number of benzene rings is 1. The van der Waals surface area contributed by atoms with Crippen LogP contribution in [0.15, 0.2) is 36.5 Å². The lowest BCUT2D eigenvalue weighted by molar-refractivity contribution is 1.30. The Balaban J connectivity index is 2.24. The molecule has 0 amide bonds. The smallest absolute Gasteiger partial charge is 0.206 e. The number of H-pyrrole nitrogens is 1. The first-order chi connectivity index (χ1) is 7.25. The van der Waals surface area contributed by atoms with Gasteiger partial charge in [-0.05, 0) is 17.8 Å². The van der Waals surface area contributed by atoms with Gasteiger partial charge in [-0.15, -0.1) is 0 Å². The van der Waals surface area contributed by atoms with Crippen LogP contribution in [0.3, 0.4) is 0 Å². The zero-order chi connectivity index (χ0) is 10.7. The van der Waals surface area contributed by atoms with Crippen LogP contribution in [0.25, 0.3) is 11.3 Å². The highest BCUT2D eigenvalue weighted by Crippen LogP contribution is 2.17. The van der Waals surface area contributed by atoms with E-state index in [1.54, 1.807) is 6.20 Å². The Morgan fingerprint density at radius 3 is 2.73 bits per heavy atom. The summed E-state index contributed by atoms with van der Waals surface area (Å²) in [5.74, 6) is 0.557. The molecule has 0 aliphatic rings. The van der Waals surface area contributed by atoms with E-state index in [0.717, 1.165) is 11.3 Å². The molecule has 2 rings (SSSR count). The third-order valence-corrected chi connectivity index (χ3v) is 2.00. The molecule has 0 atom stereocenters. The van der Waals surface area contributed by atoms with Crippen molar-refractivity contribution in [2.45, 2.75) is 0 Å². The first-order valence-electron chi connectivity index (χ1n) is 4.42. The number of hydrogen-bond donors (Lipinski definition) is 3. The normalized spacial score (nSPS) is 9.87. The molecule has 4 nitrogen and oxygen atoms in total. The Morgan fingerprint density at radius 2 is 2.07 bits per heavy atom. The number of thiocarbonyl (C=S) groups is 1. The van der Waals surface area contributed by atoms with Gasteiger partial charge in [-0.1, -0.05) is 30.3 Å². The number of rotatable bonds is 2. The lowest BCUT2D eigenvalue weighted by Crippen LogP contribution is -2.19. The molecule has 0 fully saturated rings. The Labute approximate surface area is 92.5 Å². The van der Waals surface area contributed by atoms with Gasteiger partial charge < -0.3 is 16.0 Å². The topological polar surface area (TPSA) is 66.7 Å². The zero-order valence-electron chi connectivity index (χ0n) is 7.90. The van der Waals surface area contributed by atoms with Crippen LogP contribution in [0, 0.1) is 0 Å². The summed E-state index contributed by atoms with van der Waals surface area (Å²) in [5, 5.41) is 2.94. The van der Waals surface area contributed by atoms with E-state index >= 15 is 0 Å². The molecule has 0 bridgehead atoms. The second-order valence-corrected chi connectivity index (χ2v) is 3.44. The number of nitrogens with zero attached hydrogens (tertiary/aromatic N) is 1. The highest BCUT2D eigenvalue weighted by Gasteiger charge is 2.02. The van der Waals surface area contributed by atoms with Gasteiger partial charge in [0.1, 0.15) is 0 Å². The summed E-state index contributed by atoms with van der Waals surface area (Å²) in [5.41, 5.74) is 7.33. The number of nitrogens with one attached hydrogen (secondary N) is 2. The standard InChI is InChI=1S/C10H10N4S/c11-9(15)14-10-12-6-8(13-10)7-4-2-1-3-5-7/h1-6H,(H4,11,12,13,14,15). The summed E-state index contributed by atoms with van der Waals surface area (Å²) in [4.78, 5) is 7.17. The third-order valence-electron chi connectivity index (χ3n) is 1.90. The first-order valence-corrected chi connectivity index (χ1v) is 4.83. The minimum absolute atomic E-state index is 0.198. The van der Waals surface area contributed by atoms with Gasteiger partial charge >= 0.3 is 0 Å². The summed E-state index contributed by atoms with van der Waals surface area (Å²) < 4.78 is 0. The largest absolute Gasteiger partial charge is 0.376 e. The Hall–Kier alpha value is -1.88. The molecule has 0 saturated heterocycles. The SMILES string of the molecule is NC(=S)Nc1ncc(-c2ccccc2)[nH]1. The molecular formula is C10H10N4S. The van der Waals surface area contributed by atoms with Crippen molar-refractivity contribution >= 4 is 23.3 Å². The molecule has 1 heterocycles. The average Bonchev–Trinajstić information content (AvgIpc) is 2.67. The molecule has 15 heavy (non-hydrogen) atoms. The van der Waals surface area contributed by atoms with Crippen molar-refractivity contribution in [3.05, 3.63) is 36.5 Å². The van der Waals surface area contributed by atoms with E-state index in [1.807, 2.05) is 30.3 Å². The van der Waals surface area contributed by atoms with Crippen molar-refractivity contribution in [3.63, 3.8) is 0 Å². The van der Waals surface area contributed by atoms with Crippen LogP contribution in [0.4, 0.5) is 5.95 Å². The van der Waals surface area contributed by atoms with Crippen molar-refractivity contribution in [1.82, 2.24) is 9.97 Å². The molecule has 0 radical (unpaired) electrons. The van der Waals surface area contributed by atoms with E-state index in [0.29, 0.717) is 5.95 Å². The highest BCUT2D eigenvalue weighted by atomic mass is 32.1. The minimum atomic E-state index is 0.198. The minimum Gasteiger partial charge on any atom is -0.376 e. The van der Waals surface area contributed by atoms with Gasteiger partial charge in [0.2, 0.25) is 5.95 Å². The van der Waals surface area contributed by atoms with E-state index < -0.39 is 0 Å². The van der Waals surface area contributed by atoms with Crippen LogP contribution in [0.2, 0.25) is 0 Å². The number of anilines is 1. The van der Waals surface area contributed by atoms with E-state index in [9.17, 15) is 0 Å². The first kappa shape index (κ1) is 9.67. The van der Waals surface area contributed by atoms with Crippen LogP contribution in [-0.2, 0) is 0 Å². The van der Waals surface area contributed by atoms with Gasteiger partial charge in [-0.2, -0.15) is 0 Å². The quantitative estimate of drug-likeness (QED) is 0.672. The zero-order valence-corrected chi connectivity index (χ0v) is 8.71. The predicted octanol–water partition coefficient (Wildman–Crippen LogP) is 1.73. The van der Waals surface area contributed by atoms with E-state index in [4.69, 9.17) is 18.0 Å². The fourth-order valence-electron chi connectivity index (χ4n) is 1.27. The summed E-state index contributed by atoms with van der Waals surface area (Å²) in [7, 11) is 0. The van der Waals surface area contributed by atoms with Crippen molar-refractivity contribution in [2.75, 3.05) is 5.32 Å². The Bertz CT molecular complexity index is 463. The molecular weight excluding hydrogens is 208 g/mol. The summed E-state index contributed by atoms with van der Waals surface area (Å²) in [6.45, 7) is 0. The Morgan fingerprint density at radius 1 is 1.33 bits per heavy atom. The molecule has 2 aromatic rings. The maximum absolute atomic E-state index is 5.33. The number of hydrogen-bond acceptors (Lipinski definition) is 2. The molecule has 0 saturated carbocycles. The Kier molecular flexibility index (Phi) is 2.64. The van der Waals surface area contributed by atoms with Gasteiger partial charge in [0.05, 0.1) is 11.9 Å². The van der Waals surface area contributed by atoms with Crippen molar-refractivity contribution in [3.8, 4) is 11.3 Å². The van der Waals surface area contributed by atoms with Crippen molar-refractivity contribution in [1.29, 1.82) is 0 Å². The average molecular weight is 218 g/mol. The van der Waals surface area contributed by atoms with Gasteiger partial charge in [-0.25, -0.2) is 4.98 Å². The molecule has 0 aliphatic heterocycles. The molecule has 0 unspecified atom stereocenters. The molecule has 76 valence electrons. The summed E-state index contributed by atoms with van der Waals surface area (Å²) in [6, 6.07) is 9.90. The van der Waals surface area contributed by atoms with Gasteiger partial charge in [0.25, 0.3) is 0 Å². The molecule has 0 aliphatic carbocycles. The predicted molar refractivity (Wildman–Crippen MR) is 64.4 cm³/mol. The monoisotopic (exact) mass is 218 g/mol. The van der Waals surface area contributed by atoms with Crippen LogP contribution in [0.1, 0.15) is 0 Å².